The number of hydrogen-bond donors (Lipinski definition) is 5. The number of hydrogen-bond acceptors (Lipinski definition) is 7. The van der Waals surface area contributed by atoms with Crippen LogP contribution in [0.4, 0.5) is 9.18 Å². The molecule has 44 heavy (non-hydrogen) atoms. The van der Waals surface area contributed by atoms with E-state index in [4.69, 9.17) is 16.3 Å². The summed E-state index contributed by atoms with van der Waals surface area (Å²) in [5, 5.41) is 28.1. The van der Waals surface area contributed by atoms with Gasteiger partial charge in [0.25, 0.3) is 5.91 Å². The molecule has 0 aliphatic carbocycles. The van der Waals surface area contributed by atoms with Gasteiger partial charge in [0.15, 0.2) is 5.69 Å². The third-order valence-corrected chi connectivity index (χ3v) is 6.61. The maximum atomic E-state index is 14.3. The number of nitrogens with one attached hydrogen (secondary N) is 4. The number of benzene rings is 2. The Morgan fingerprint density at radius 2 is 1.82 bits per heavy atom. The molecular weight excluding hydrogens is 595 g/mol. The van der Waals surface area contributed by atoms with Crippen molar-refractivity contribution in [2.24, 2.45) is 5.92 Å². The summed E-state index contributed by atoms with van der Waals surface area (Å²) >= 11 is 6.03. The van der Waals surface area contributed by atoms with E-state index in [1.165, 1.54) is 24.4 Å². The van der Waals surface area contributed by atoms with Crippen LogP contribution in [0.25, 0.3) is 11.1 Å². The lowest BCUT2D eigenvalue weighted by molar-refractivity contribution is -0.142. The van der Waals surface area contributed by atoms with Gasteiger partial charge in [-0.1, -0.05) is 35.9 Å². The summed E-state index contributed by atoms with van der Waals surface area (Å²) < 4.78 is 19.5. The van der Waals surface area contributed by atoms with Gasteiger partial charge in [-0.15, -0.1) is 0 Å². The molecule has 236 valence electrons. The zero-order valence-electron chi connectivity index (χ0n) is 24.7. The smallest absolute Gasteiger partial charge is 0.407 e. The van der Waals surface area contributed by atoms with E-state index < -0.39 is 41.3 Å². The van der Waals surface area contributed by atoms with Gasteiger partial charge in [-0.2, -0.15) is 15.4 Å². The second-order valence-corrected chi connectivity index (χ2v) is 11.6. The van der Waals surface area contributed by atoms with Crippen LogP contribution in [0.5, 0.6) is 0 Å². The van der Waals surface area contributed by atoms with Crippen LogP contribution in [-0.2, 0) is 20.7 Å². The molecule has 3 rings (SSSR count). The summed E-state index contributed by atoms with van der Waals surface area (Å²) in [7, 11) is 0. The number of carboxylic acid groups (broad SMARTS) is 1. The van der Waals surface area contributed by atoms with Crippen LogP contribution in [0.3, 0.4) is 0 Å². The highest BCUT2D eigenvalue weighted by Gasteiger charge is 2.26. The van der Waals surface area contributed by atoms with Crippen molar-refractivity contribution in [3.8, 4) is 11.1 Å². The molecule has 0 bridgehead atoms. The Morgan fingerprint density at radius 1 is 1.09 bits per heavy atom. The molecule has 5 N–H and O–H groups in total. The summed E-state index contributed by atoms with van der Waals surface area (Å²) in [6.45, 7) is 5.26. The number of halogens is 2. The SMILES string of the molecule is CC(C)(C)OC(=O)NCCCC(=O)NCC(CC(Cc1ccc(-c2cc(Cl)ccc2F)cc1)NC(=O)c1cn[nH]n1)C(=O)O. The molecule has 14 heteroatoms. The van der Waals surface area contributed by atoms with Crippen molar-refractivity contribution in [2.75, 3.05) is 13.1 Å². The minimum absolute atomic E-state index is 0.00984. The number of rotatable bonds is 14. The van der Waals surface area contributed by atoms with E-state index in [-0.39, 0.29) is 44.0 Å². The number of carbonyl (C=O) groups is 4. The van der Waals surface area contributed by atoms with E-state index in [0.29, 0.717) is 22.6 Å². The van der Waals surface area contributed by atoms with Gasteiger partial charge in [-0.05, 0) is 69.4 Å². The van der Waals surface area contributed by atoms with Crippen LogP contribution >= 0.6 is 11.6 Å². The number of aromatic amines is 1. The molecule has 12 nitrogen and oxygen atoms in total. The number of ether oxygens (including phenoxy) is 1. The van der Waals surface area contributed by atoms with Crippen LogP contribution in [0.15, 0.2) is 48.7 Å². The van der Waals surface area contributed by atoms with Crippen molar-refractivity contribution in [1.82, 2.24) is 31.4 Å². The monoisotopic (exact) mass is 630 g/mol. The van der Waals surface area contributed by atoms with Gasteiger partial charge in [0.2, 0.25) is 5.91 Å². The Labute approximate surface area is 259 Å². The van der Waals surface area contributed by atoms with Crippen molar-refractivity contribution >= 4 is 35.5 Å². The van der Waals surface area contributed by atoms with E-state index in [2.05, 4.69) is 31.4 Å². The number of H-pyrrole nitrogens is 1. The molecule has 1 aromatic heterocycles. The molecule has 0 aliphatic rings. The summed E-state index contributed by atoms with van der Waals surface area (Å²) in [4.78, 5) is 49.0. The molecule has 0 radical (unpaired) electrons. The molecule has 0 saturated heterocycles. The number of amides is 3. The Morgan fingerprint density at radius 3 is 2.45 bits per heavy atom. The Hall–Kier alpha value is -4.52. The van der Waals surface area contributed by atoms with Crippen molar-refractivity contribution in [2.45, 2.75) is 58.1 Å². The number of carbonyl (C=O) groups excluding carboxylic acids is 3. The Balaban J connectivity index is 1.62. The summed E-state index contributed by atoms with van der Waals surface area (Å²) in [5.41, 5.74) is 1.08. The molecule has 3 aromatic rings. The number of nitrogens with zero attached hydrogens (tertiary/aromatic N) is 2. The van der Waals surface area contributed by atoms with Crippen molar-refractivity contribution < 1.29 is 33.4 Å². The molecule has 0 saturated carbocycles. The standard InChI is InChI=1S/C30H36ClFN6O6/c1-30(2,3)44-29(43)33-12-4-5-26(39)34-16-20(28(41)42)14-22(36-27(40)25-17-35-38-37-25)13-18-6-8-19(9-7-18)23-15-21(31)10-11-24(23)32/h6-11,15,17,20,22H,4-5,12-14,16H2,1-3H3,(H,33,43)(H,34,39)(H,36,40)(H,41,42)(H,35,37,38). The van der Waals surface area contributed by atoms with E-state index in [9.17, 15) is 28.7 Å². The average molecular weight is 631 g/mol. The lowest BCUT2D eigenvalue weighted by Crippen LogP contribution is -2.42. The van der Waals surface area contributed by atoms with Crippen molar-refractivity contribution in [3.05, 3.63) is 70.8 Å². The maximum Gasteiger partial charge on any atom is 0.407 e. The molecule has 2 atom stereocenters. The Bertz CT molecular complexity index is 1430. The number of carboxylic acids is 1. The van der Waals surface area contributed by atoms with Crippen LogP contribution in [0.1, 0.15) is 56.1 Å². The topological polar surface area (TPSA) is 175 Å². The zero-order chi connectivity index (χ0) is 32.3. The Kier molecular flexibility index (Phi) is 12.2. The molecule has 2 aromatic carbocycles. The fourth-order valence-corrected chi connectivity index (χ4v) is 4.45. The van der Waals surface area contributed by atoms with E-state index in [1.54, 1.807) is 45.0 Å². The van der Waals surface area contributed by atoms with Crippen LogP contribution in [-0.4, -0.2) is 69.1 Å². The second-order valence-electron chi connectivity index (χ2n) is 11.2. The lowest BCUT2D eigenvalue weighted by Gasteiger charge is -2.23. The molecule has 0 spiro atoms. The first-order chi connectivity index (χ1) is 20.8. The van der Waals surface area contributed by atoms with Crippen molar-refractivity contribution in [3.63, 3.8) is 0 Å². The van der Waals surface area contributed by atoms with Crippen LogP contribution in [0.2, 0.25) is 5.02 Å². The minimum Gasteiger partial charge on any atom is -0.481 e. The third kappa shape index (κ3) is 11.3. The highest BCUT2D eigenvalue weighted by molar-refractivity contribution is 6.30. The predicted molar refractivity (Wildman–Crippen MR) is 160 cm³/mol. The van der Waals surface area contributed by atoms with Gasteiger partial charge in [-0.25, -0.2) is 9.18 Å². The average Bonchev–Trinajstić information content (AvgIpc) is 3.49. The zero-order valence-corrected chi connectivity index (χ0v) is 25.4. The molecule has 0 aliphatic heterocycles. The van der Waals surface area contributed by atoms with E-state index in [1.807, 2.05) is 0 Å². The van der Waals surface area contributed by atoms with Gasteiger partial charge in [0.1, 0.15) is 11.4 Å². The first-order valence-electron chi connectivity index (χ1n) is 14.0. The van der Waals surface area contributed by atoms with Gasteiger partial charge < -0.3 is 25.8 Å². The fourth-order valence-electron chi connectivity index (χ4n) is 4.28. The summed E-state index contributed by atoms with van der Waals surface area (Å²) in [6.07, 6.45) is 1.28. The molecule has 2 unspecified atom stereocenters. The molecular formula is C30H36ClFN6O6. The summed E-state index contributed by atoms with van der Waals surface area (Å²) in [6, 6.07) is 10.6. The van der Waals surface area contributed by atoms with E-state index >= 15 is 0 Å². The summed E-state index contributed by atoms with van der Waals surface area (Å²) in [5.74, 6) is -3.53. The molecule has 3 amide bonds. The fraction of sp³-hybridized carbons (Fsp3) is 0.400. The first-order valence-corrected chi connectivity index (χ1v) is 14.4. The molecule has 1 heterocycles. The minimum atomic E-state index is -1.15. The predicted octanol–water partition coefficient (Wildman–Crippen LogP) is 4.12. The van der Waals surface area contributed by atoms with Gasteiger partial charge in [0, 0.05) is 36.1 Å². The van der Waals surface area contributed by atoms with E-state index in [0.717, 1.165) is 5.56 Å². The second kappa shape index (κ2) is 15.8. The van der Waals surface area contributed by atoms with Gasteiger partial charge in [0.05, 0.1) is 12.1 Å². The van der Waals surface area contributed by atoms with Crippen LogP contribution in [0, 0.1) is 11.7 Å². The van der Waals surface area contributed by atoms with Gasteiger partial charge in [-0.3, -0.25) is 14.4 Å². The number of aliphatic carboxylic acids is 1. The molecule has 0 fully saturated rings. The maximum absolute atomic E-state index is 14.3. The van der Waals surface area contributed by atoms with Gasteiger partial charge >= 0.3 is 12.1 Å². The van der Waals surface area contributed by atoms with Crippen molar-refractivity contribution in [1.29, 1.82) is 0 Å². The number of alkyl carbamates (subject to hydrolysis) is 1. The normalized spacial score (nSPS) is 12.6. The third-order valence-electron chi connectivity index (χ3n) is 6.37. The largest absolute Gasteiger partial charge is 0.481 e. The highest BCUT2D eigenvalue weighted by atomic mass is 35.5. The number of aromatic nitrogens is 3. The quantitative estimate of drug-likeness (QED) is 0.165. The highest BCUT2D eigenvalue weighted by Crippen LogP contribution is 2.27. The van der Waals surface area contributed by atoms with Crippen LogP contribution < -0.4 is 16.0 Å². The lowest BCUT2D eigenvalue weighted by atomic mass is 9.93. The first kappa shape index (κ1) is 34.0.